The molecule has 0 saturated heterocycles. The smallest absolute Gasteiger partial charge is 0.306 e. The van der Waals surface area contributed by atoms with E-state index >= 15 is 0 Å². The van der Waals surface area contributed by atoms with Gasteiger partial charge in [-0.15, -0.1) is 0 Å². The van der Waals surface area contributed by atoms with Crippen LogP contribution < -0.4 is 5.73 Å². The molecule has 0 amide bonds. The van der Waals surface area contributed by atoms with E-state index < -0.39 is 12.1 Å². The van der Waals surface area contributed by atoms with Crippen LogP contribution in [0.2, 0.25) is 0 Å². The highest BCUT2D eigenvalue weighted by Gasteiger charge is 2.38. The SMILES string of the molecule is CC.NC1CCCC(C2CCCC(C(=O)O)C2)C1O. The fourth-order valence-corrected chi connectivity index (χ4v) is 3.60. The average molecular weight is 271 g/mol. The second-order valence-corrected chi connectivity index (χ2v) is 5.71. The van der Waals surface area contributed by atoms with Gasteiger partial charge in [0.25, 0.3) is 0 Å². The van der Waals surface area contributed by atoms with Crippen molar-refractivity contribution in [3.63, 3.8) is 0 Å². The molecule has 2 rings (SSSR count). The normalized spacial score (nSPS) is 39.1. The van der Waals surface area contributed by atoms with E-state index in [1.807, 2.05) is 13.8 Å². The van der Waals surface area contributed by atoms with E-state index in [4.69, 9.17) is 10.8 Å². The van der Waals surface area contributed by atoms with Gasteiger partial charge in [-0.1, -0.05) is 33.1 Å². The third-order valence-corrected chi connectivity index (χ3v) is 4.62. The van der Waals surface area contributed by atoms with Crippen LogP contribution in [0.5, 0.6) is 0 Å². The van der Waals surface area contributed by atoms with Crippen LogP contribution in [-0.4, -0.2) is 28.3 Å². The predicted molar refractivity (Wildman–Crippen MR) is 75.8 cm³/mol. The zero-order valence-corrected chi connectivity index (χ0v) is 12.2. The average Bonchev–Trinajstić information content (AvgIpc) is 2.44. The molecule has 2 aliphatic carbocycles. The molecule has 5 unspecified atom stereocenters. The summed E-state index contributed by atoms with van der Waals surface area (Å²) in [5.74, 6) is -0.310. The van der Waals surface area contributed by atoms with Crippen LogP contribution in [0.3, 0.4) is 0 Å². The molecule has 2 saturated carbocycles. The lowest BCUT2D eigenvalue weighted by Crippen LogP contribution is -2.46. The van der Waals surface area contributed by atoms with Gasteiger partial charge < -0.3 is 15.9 Å². The maximum Gasteiger partial charge on any atom is 0.306 e. The van der Waals surface area contributed by atoms with Crippen molar-refractivity contribution in [1.29, 1.82) is 0 Å². The molecule has 0 heterocycles. The van der Waals surface area contributed by atoms with Crippen LogP contribution in [0, 0.1) is 17.8 Å². The maximum absolute atomic E-state index is 11.0. The Labute approximate surface area is 116 Å². The zero-order chi connectivity index (χ0) is 14.4. The van der Waals surface area contributed by atoms with Gasteiger partial charge in [0.15, 0.2) is 0 Å². The van der Waals surface area contributed by atoms with Crippen molar-refractivity contribution in [1.82, 2.24) is 0 Å². The number of carbonyl (C=O) groups is 1. The van der Waals surface area contributed by atoms with Crippen molar-refractivity contribution in [3.05, 3.63) is 0 Å². The second kappa shape index (κ2) is 7.85. The first-order chi connectivity index (χ1) is 9.09. The summed E-state index contributed by atoms with van der Waals surface area (Å²) in [5.41, 5.74) is 5.90. The molecule has 0 aromatic carbocycles. The summed E-state index contributed by atoms with van der Waals surface area (Å²) in [7, 11) is 0. The molecule has 2 fully saturated rings. The van der Waals surface area contributed by atoms with E-state index in [0.29, 0.717) is 5.92 Å². The molecule has 0 spiro atoms. The molecule has 19 heavy (non-hydrogen) atoms. The zero-order valence-electron chi connectivity index (χ0n) is 12.2. The lowest BCUT2D eigenvalue weighted by molar-refractivity contribution is -0.144. The third-order valence-electron chi connectivity index (χ3n) is 4.62. The van der Waals surface area contributed by atoms with E-state index in [-0.39, 0.29) is 17.9 Å². The van der Waals surface area contributed by atoms with Gasteiger partial charge in [-0.05, 0) is 37.5 Å². The van der Waals surface area contributed by atoms with E-state index in [0.717, 1.165) is 44.9 Å². The number of aliphatic hydroxyl groups is 1. The van der Waals surface area contributed by atoms with Crippen molar-refractivity contribution in [2.24, 2.45) is 23.5 Å². The molecule has 0 bridgehead atoms. The first-order valence-corrected chi connectivity index (χ1v) is 7.76. The number of aliphatic hydroxyl groups excluding tert-OH is 1. The summed E-state index contributed by atoms with van der Waals surface area (Å²) < 4.78 is 0. The van der Waals surface area contributed by atoms with Crippen LogP contribution in [0.25, 0.3) is 0 Å². The molecule has 5 atom stereocenters. The van der Waals surface area contributed by atoms with Gasteiger partial charge in [-0.2, -0.15) is 0 Å². The summed E-state index contributed by atoms with van der Waals surface area (Å²) in [6.45, 7) is 4.00. The van der Waals surface area contributed by atoms with E-state index in [2.05, 4.69) is 0 Å². The van der Waals surface area contributed by atoms with Crippen LogP contribution in [0.15, 0.2) is 0 Å². The number of hydrogen-bond acceptors (Lipinski definition) is 3. The van der Waals surface area contributed by atoms with E-state index in [9.17, 15) is 9.90 Å². The largest absolute Gasteiger partial charge is 0.481 e. The van der Waals surface area contributed by atoms with Gasteiger partial charge in [-0.25, -0.2) is 0 Å². The molecule has 4 N–H and O–H groups in total. The molecule has 0 radical (unpaired) electrons. The van der Waals surface area contributed by atoms with Crippen molar-refractivity contribution < 1.29 is 15.0 Å². The molecule has 4 nitrogen and oxygen atoms in total. The highest BCUT2D eigenvalue weighted by atomic mass is 16.4. The minimum absolute atomic E-state index is 0.112. The summed E-state index contributed by atoms with van der Waals surface area (Å²) >= 11 is 0. The minimum atomic E-state index is -0.677. The van der Waals surface area contributed by atoms with Gasteiger partial charge in [0, 0.05) is 6.04 Å². The van der Waals surface area contributed by atoms with Gasteiger partial charge >= 0.3 is 5.97 Å². The van der Waals surface area contributed by atoms with Crippen LogP contribution in [0.1, 0.15) is 58.8 Å². The summed E-state index contributed by atoms with van der Waals surface area (Å²) in [5, 5.41) is 19.2. The molecule has 4 heteroatoms. The standard InChI is InChI=1S/C13H23NO3.C2H6/c14-11-6-2-5-10(12(11)15)8-3-1-4-9(7-8)13(16)17;1-2/h8-12,15H,1-7,14H2,(H,16,17);1-2H3. The molecule has 0 aromatic rings. The Morgan fingerprint density at radius 3 is 2.37 bits per heavy atom. The van der Waals surface area contributed by atoms with Gasteiger partial charge in [-0.3, -0.25) is 4.79 Å². The Bertz CT molecular complexity index is 283. The molecule has 0 aliphatic heterocycles. The van der Waals surface area contributed by atoms with Gasteiger partial charge in [0.05, 0.1) is 12.0 Å². The quantitative estimate of drug-likeness (QED) is 0.720. The van der Waals surface area contributed by atoms with E-state index in [1.165, 1.54) is 0 Å². The van der Waals surface area contributed by atoms with E-state index in [1.54, 1.807) is 0 Å². The number of nitrogens with two attached hydrogens (primary N) is 1. The molecule has 0 aromatic heterocycles. The monoisotopic (exact) mass is 271 g/mol. The Morgan fingerprint density at radius 2 is 1.74 bits per heavy atom. The van der Waals surface area contributed by atoms with Crippen LogP contribution in [-0.2, 0) is 4.79 Å². The molecular weight excluding hydrogens is 242 g/mol. The number of hydrogen-bond donors (Lipinski definition) is 3. The Hall–Kier alpha value is -0.610. The first-order valence-electron chi connectivity index (χ1n) is 7.76. The number of carboxylic acid groups (broad SMARTS) is 1. The Morgan fingerprint density at radius 1 is 1.11 bits per heavy atom. The van der Waals surface area contributed by atoms with Gasteiger partial charge in [0.1, 0.15) is 0 Å². The molecule has 112 valence electrons. The van der Waals surface area contributed by atoms with Crippen molar-refractivity contribution >= 4 is 5.97 Å². The van der Waals surface area contributed by atoms with Crippen LogP contribution >= 0.6 is 0 Å². The van der Waals surface area contributed by atoms with Crippen molar-refractivity contribution in [2.75, 3.05) is 0 Å². The van der Waals surface area contributed by atoms with Crippen molar-refractivity contribution in [3.8, 4) is 0 Å². The maximum atomic E-state index is 11.0. The second-order valence-electron chi connectivity index (χ2n) is 5.71. The third kappa shape index (κ3) is 4.18. The lowest BCUT2D eigenvalue weighted by atomic mass is 9.68. The highest BCUT2D eigenvalue weighted by Crippen LogP contribution is 2.40. The fourth-order valence-electron chi connectivity index (χ4n) is 3.60. The summed E-state index contributed by atoms with van der Waals surface area (Å²) in [6.07, 6.45) is 6.08. The minimum Gasteiger partial charge on any atom is -0.481 e. The summed E-state index contributed by atoms with van der Waals surface area (Å²) in [4.78, 5) is 11.0. The summed E-state index contributed by atoms with van der Waals surface area (Å²) in [6, 6.07) is -0.112. The number of aliphatic carboxylic acids is 1. The fraction of sp³-hybridized carbons (Fsp3) is 0.933. The van der Waals surface area contributed by atoms with Crippen molar-refractivity contribution in [2.45, 2.75) is 70.9 Å². The Kier molecular flexibility index (Phi) is 6.80. The highest BCUT2D eigenvalue weighted by molar-refractivity contribution is 5.70. The Balaban J connectivity index is 0.000000861. The lowest BCUT2D eigenvalue weighted by Gasteiger charge is -2.40. The number of rotatable bonds is 2. The predicted octanol–water partition coefficient (Wildman–Crippen LogP) is 2.39. The van der Waals surface area contributed by atoms with Gasteiger partial charge in [0.2, 0.25) is 0 Å². The molecular formula is C15H29NO3. The van der Waals surface area contributed by atoms with Crippen LogP contribution in [0.4, 0.5) is 0 Å². The number of carboxylic acids is 1. The first kappa shape index (κ1) is 16.4. The molecule has 2 aliphatic rings. The topological polar surface area (TPSA) is 83.6 Å².